The van der Waals surface area contributed by atoms with Crippen LogP contribution < -0.4 is 9.96 Å². The standard InChI is InChI=1S/C11H13F3N2O/c12-11(13,14)9-2-1-3-10(8-9)16(17)6-4-15-5-7-16/h1-3,8,15H,4-7H2. The number of alkyl halides is 3. The number of quaternary nitrogens is 1. The van der Waals surface area contributed by atoms with Crippen LogP contribution in [-0.2, 0) is 6.18 Å². The zero-order valence-corrected chi connectivity index (χ0v) is 9.13. The third kappa shape index (κ3) is 2.59. The quantitative estimate of drug-likeness (QED) is 0.608. The van der Waals surface area contributed by atoms with Crippen molar-refractivity contribution in [3.8, 4) is 0 Å². The minimum atomic E-state index is -4.40. The monoisotopic (exact) mass is 246 g/mol. The molecule has 1 saturated heterocycles. The molecule has 0 spiro atoms. The number of benzene rings is 1. The molecule has 0 amide bonds. The molecule has 0 unspecified atom stereocenters. The lowest BCUT2D eigenvalue weighted by Gasteiger charge is -2.45. The Morgan fingerprint density at radius 1 is 1.18 bits per heavy atom. The lowest BCUT2D eigenvalue weighted by Crippen LogP contribution is -2.55. The molecule has 3 nitrogen and oxygen atoms in total. The Kier molecular flexibility index (Phi) is 3.11. The first-order chi connectivity index (χ1) is 7.92. The van der Waals surface area contributed by atoms with E-state index in [9.17, 15) is 18.4 Å². The van der Waals surface area contributed by atoms with E-state index < -0.39 is 16.4 Å². The number of hydrogen-bond acceptors (Lipinski definition) is 2. The highest BCUT2D eigenvalue weighted by atomic mass is 19.4. The third-order valence-corrected chi connectivity index (χ3v) is 2.94. The van der Waals surface area contributed by atoms with Gasteiger partial charge in [-0.1, -0.05) is 6.07 Å². The van der Waals surface area contributed by atoms with Crippen molar-refractivity contribution in [3.05, 3.63) is 35.0 Å². The Balaban J connectivity index is 2.32. The lowest BCUT2D eigenvalue weighted by atomic mass is 10.1. The van der Waals surface area contributed by atoms with Gasteiger partial charge >= 0.3 is 6.18 Å². The van der Waals surface area contributed by atoms with Gasteiger partial charge in [-0.05, 0) is 12.1 Å². The van der Waals surface area contributed by atoms with E-state index in [2.05, 4.69) is 5.32 Å². The van der Waals surface area contributed by atoms with E-state index >= 15 is 0 Å². The maximum Gasteiger partial charge on any atom is 0.416 e. The fourth-order valence-electron chi connectivity index (χ4n) is 1.95. The molecule has 0 bridgehead atoms. The second-order valence-corrected chi connectivity index (χ2v) is 4.13. The Hall–Kier alpha value is -1.11. The van der Waals surface area contributed by atoms with Crippen LogP contribution in [0.4, 0.5) is 18.9 Å². The second-order valence-electron chi connectivity index (χ2n) is 4.13. The van der Waals surface area contributed by atoms with Crippen molar-refractivity contribution in [2.75, 3.05) is 26.2 Å². The van der Waals surface area contributed by atoms with E-state index in [1.807, 2.05) is 0 Å². The van der Waals surface area contributed by atoms with E-state index in [1.54, 1.807) is 0 Å². The van der Waals surface area contributed by atoms with Gasteiger partial charge in [-0.25, -0.2) is 0 Å². The van der Waals surface area contributed by atoms with Crippen molar-refractivity contribution < 1.29 is 13.2 Å². The number of halogens is 3. The zero-order valence-electron chi connectivity index (χ0n) is 9.13. The average Bonchev–Trinajstić information content (AvgIpc) is 2.29. The molecule has 1 aliphatic heterocycles. The van der Waals surface area contributed by atoms with Crippen molar-refractivity contribution in [2.45, 2.75) is 6.18 Å². The van der Waals surface area contributed by atoms with Crippen LogP contribution >= 0.6 is 0 Å². The summed E-state index contributed by atoms with van der Waals surface area (Å²) in [7, 11) is 0. The molecule has 1 aromatic carbocycles. The molecule has 1 aliphatic rings. The van der Waals surface area contributed by atoms with Gasteiger partial charge in [-0.2, -0.15) is 13.2 Å². The lowest BCUT2D eigenvalue weighted by molar-refractivity contribution is -0.137. The van der Waals surface area contributed by atoms with Crippen molar-refractivity contribution >= 4 is 5.69 Å². The fraction of sp³-hybridized carbons (Fsp3) is 0.455. The van der Waals surface area contributed by atoms with Crippen molar-refractivity contribution in [1.82, 2.24) is 9.96 Å². The van der Waals surface area contributed by atoms with Gasteiger partial charge < -0.3 is 15.2 Å². The van der Waals surface area contributed by atoms with Crippen molar-refractivity contribution in [1.29, 1.82) is 0 Å². The molecule has 1 aromatic rings. The Bertz CT molecular complexity index is 400. The van der Waals surface area contributed by atoms with Crippen molar-refractivity contribution in [3.63, 3.8) is 0 Å². The molecule has 1 fully saturated rings. The van der Waals surface area contributed by atoms with Gasteiger partial charge in [-0.15, -0.1) is 0 Å². The maximum atomic E-state index is 12.5. The summed E-state index contributed by atoms with van der Waals surface area (Å²) in [6.07, 6.45) is -4.40. The first kappa shape index (κ1) is 12.3. The Morgan fingerprint density at radius 2 is 1.82 bits per heavy atom. The molecule has 1 N–H and O–H groups in total. The highest BCUT2D eigenvalue weighted by Crippen LogP contribution is 2.33. The summed E-state index contributed by atoms with van der Waals surface area (Å²) in [5, 5.41) is 15.3. The SMILES string of the molecule is [O-][N+]1(c2cccc(C(F)(F)F)c2)CCNCC1. The van der Waals surface area contributed by atoms with Crippen LogP contribution in [0.1, 0.15) is 5.56 Å². The number of hydrogen-bond donors (Lipinski definition) is 1. The summed E-state index contributed by atoms with van der Waals surface area (Å²) in [6.45, 7) is 1.59. The van der Waals surface area contributed by atoms with Crippen LogP contribution in [0.15, 0.2) is 24.3 Å². The number of nitrogens with one attached hydrogen (secondary N) is 1. The van der Waals surface area contributed by atoms with E-state index in [4.69, 9.17) is 0 Å². The molecule has 0 atom stereocenters. The summed E-state index contributed by atoms with van der Waals surface area (Å²) < 4.78 is 36.9. The summed E-state index contributed by atoms with van der Waals surface area (Å²) in [5.41, 5.74) is -0.580. The molecule has 0 aliphatic carbocycles. The van der Waals surface area contributed by atoms with Gasteiger partial charge in [-0.3, -0.25) is 0 Å². The minimum absolute atomic E-state index is 0.182. The fourth-order valence-corrected chi connectivity index (χ4v) is 1.95. The van der Waals surface area contributed by atoms with Gasteiger partial charge in [0.15, 0.2) is 0 Å². The number of piperazine rings is 1. The van der Waals surface area contributed by atoms with Gasteiger partial charge in [0.25, 0.3) is 0 Å². The number of nitrogens with zero attached hydrogens (tertiary/aromatic N) is 1. The van der Waals surface area contributed by atoms with E-state index in [1.165, 1.54) is 12.1 Å². The topological polar surface area (TPSA) is 35.1 Å². The highest BCUT2D eigenvalue weighted by Gasteiger charge is 2.33. The molecule has 0 radical (unpaired) electrons. The minimum Gasteiger partial charge on any atom is -0.627 e. The molecular formula is C11H13F3N2O. The molecule has 17 heavy (non-hydrogen) atoms. The Labute approximate surface area is 97.0 Å². The van der Waals surface area contributed by atoms with Gasteiger partial charge in [0.2, 0.25) is 0 Å². The second kappa shape index (κ2) is 4.29. The van der Waals surface area contributed by atoms with Gasteiger partial charge in [0.1, 0.15) is 5.69 Å². The van der Waals surface area contributed by atoms with Crippen LogP contribution in [0, 0.1) is 5.21 Å². The summed E-state index contributed by atoms with van der Waals surface area (Å²) in [6, 6.07) is 4.70. The highest BCUT2D eigenvalue weighted by molar-refractivity contribution is 5.47. The van der Waals surface area contributed by atoms with E-state index in [0.29, 0.717) is 13.1 Å². The molecule has 0 saturated carbocycles. The Morgan fingerprint density at radius 3 is 2.41 bits per heavy atom. The number of rotatable bonds is 1. The number of hydroxylamine groups is 2. The molecular weight excluding hydrogens is 233 g/mol. The van der Waals surface area contributed by atoms with Gasteiger partial charge in [0.05, 0.1) is 18.7 Å². The van der Waals surface area contributed by atoms with Crippen LogP contribution in [0.5, 0.6) is 0 Å². The van der Waals surface area contributed by atoms with Gasteiger partial charge in [0, 0.05) is 19.2 Å². The van der Waals surface area contributed by atoms with Crippen LogP contribution in [0.3, 0.4) is 0 Å². The summed E-state index contributed by atoms with van der Waals surface area (Å²) in [4.78, 5) is 0. The third-order valence-electron chi connectivity index (χ3n) is 2.94. The molecule has 2 rings (SSSR count). The predicted octanol–water partition coefficient (Wildman–Crippen LogP) is 2.11. The molecule has 1 heterocycles. The van der Waals surface area contributed by atoms with Crippen LogP contribution in [-0.4, -0.2) is 26.2 Å². The largest absolute Gasteiger partial charge is 0.627 e. The molecule has 0 aromatic heterocycles. The van der Waals surface area contributed by atoms with Crippen LogP contribution in [0.25, 0.3) is 0 Å². The van der Waals surface area contributed by atoms with E-state index in [-0.39, 0.29) is 18.8 Å². The summed E-state index contributed by atoms with van der Waals surface area (Å²) >= 11 is 0. The van der Waals surface area contributed by atoms with E-state index in [0.717, 1.165) is 12.1 Å². The van der Waals surface area contributed by atoms with Crippen LogP contribution in [0.2, 0.25) is 0 Å². The average molecular weight is 246 g/mol. The summed E-state index contributed by atoms with van der Waals surface area (Å²) in [5.74, 6) is 0. The molecule has 6 heteroatoms. The molecule has 94 valence electrons. The zero-order chi connectivity index (χ0) is 12.5. The normalized spacial score (nSPS) is 20.2. The predicted molar refractivity (Wildman–Crippen MR) is 59.2 cm³/mol. The first-order valence-corrected chi connectivity index (χ1v) is 5.38. The smallest absolute Gasteiger partial charge is 0.416 e. The first-order valence-electron chi connectivity index (χ1n) is 5.38. The maximum absolute atomic E-state index is 12.5. The van der Waals surface area contributed by atoms with Crippen molar-refractivity contribution in [2.24, 2.45) is 0 Å².